The van der Waals surface area contributed by atoms with E-state index >= 15 is 0 Å². The van der Waals surface area contributed by atoms with Gasteiger partial charge >= 0.3 is 0 Å². The molecule has 0 saturated carbocycles. The summed E-state index contributed by atoms with van der Waals surface area (Å²) in [4.78, 5) is 11.8. The number of halogens is 1. The third-order valence-corrected chi connectivity index (χ3v) is 3.15. The molecule has 1 aromatic rings. The summed E-state index contributed by atoms with van der Waals surface area (Å²) in [5, 5.41) is 5.91. The fraction of sp³-hybridized carbons (Fsp3) is 0.500. The third kappa shape index (κ3) is 4.49. The van der Waals surface area contributed by atoms with E-state index in [4.69, 9.17) is 4.74 Å². The van der Waals surface area contributed by atoms with Crippen molar-refractivity contribution in [1.29, 1.82) is 0 Å². The molecule has 2 N–H and O–H groups in total. The van der Waals surface area contributed by atoms with Gasteiger partial charge in [0, 0.05) is 6.61 Å². The molecule has 1 aliphatic heterocycles. The lowest BCUT2D eigenvalue weighted by Gasteiger charge is -2.24. The molecule has 2 unspecified atom stereocenters. The Kier molecular flexibility index (Phi) is 6.84. The van der Waals surface area contributed by atoms with E-state index in [0.717, 1.165) is 25.0 Å². The fourth-order valence-electron chi connectivity index (χ4n) is 2.30. The van der Waals surface area contributed by atoms with Crippen LogP contribution in [0, 0.1) is 0 Å². The van der Waals surface area contributed by atoms with Crippen molar-refractivity contribution < 1.29 is 9.53 Å². The molecule has 1 aliphatic rings. The molecule has 2 rings (SSSR count). The molecule has 0 bridgehead atoms. The summed E-state index contributed by atoms with van der Waals surface area (Å²) in [6.45, 7) is 1.12. The fourth-order valence-corrected chi connectivity index (χ4v) is 2.30. The molecule has 0 aromatic heterocycles. The number of hydrogen-bond donors (Lipinski definition) is 2. The normalized spacial score (nSPS) is 19.5. The molecule has 1 aromatic carbocycles. The number of hydrogen-bond acceptors (Lipinski definition) is 3. The van der Waals surface area contributed by atoms with Crippen LogP contribution in [0.25, 0.3) is 0 Å². The van der Waals surface area contributed by atoms with Gasteiger partial charge in [-0.15, -0.1) is 12.4 Å². The molecule has 0 aliphatic carbocycles. The van der Waals surface area contributed by atoms with Crippen LogP contribution < -0.4 is 10.6 Å². The number of amides is 1. The molecule has 19 heavy (non-hydrogen) atoms. The van der Waals surface area contributed by atoms with Crippen molar-refractivity contribution in [2.75, 3.05) is 20.2 Å². The van der Waals surface area contributed by atoms with Crippen LogP contribution in [0.15, 0.2) is 30.3 Å². The van der Waals surface area contributed by atoms with E-state index < -0.39 is 0 Å². The second-order valence-electron chi connectivity index (χ2n) is 4.54. The van der Waals surface area contributed by atoms with E-state index in [1.165, 1.54) is 0 Å². The Bertz CT molecular complexity index is 380. The zero-order chi connectivity index (χ0) is 12.8. The standard InChI is InChI=1S/C14H20N2O2.ClH/c1-15-10-13(17)16-14(12-8-5-9-18-12)11-6-3-2-4-7-11;/h2-4,6-7,12,14-15H,5,8-10H2,1H3,(H,16,17);1H. The first-order valence-corrected chi connectivity index (χ1v) is 6.42. The van der Waals surface area contributed by atoms with Gasteiger partial charge in [-0.1, -0.05) is 30.3 Å². The van der Waals surface area contributed by atoms with Crippen molar-refractivity contribution in [2.24, 2.45) is 0 Å². The number of benzene rings is 1. The average Bonchev–Trinajstić information content (AvgIpc) is 2.91. The van der Waals surface area contributed by atoms with Crippen LogP contribution >= 0.6 is 12.4 Å². The van der Waals surface area contributed by atoms with Crippen LogP contribution in [0.5, 0.6) is 0 Å². The zero-order valence-corrected chi connectivity index (χ0v) is 11.9. The summed E-state index contributed by atoms with van der Waals surface area (Å²) in [5.41, 5.74) is 1.11. The molecular formula is C14H21ClN2O2. The van der Waals surface area contributed by atoms with E-state index in [2.05, 4.69) is 10.6 Å². The molecule has 1 saturated heterocycles. The Balaban J connectivity index is 0.00000180. The van der Waals surface area contributed by atoms with Gasteiger partial charge in [0.15, 0.2) is 0 Å². The first kappa shape index (κ1) is 16.0. The van der Waals surface area contributed by atoms with Gasteiger partial charge < -0.3 is 15.4 Å². The Hall–Kier alpha value is -1.10. The third-order valence-electron chi connectivity index (χ3n) is 3.15. The summed E-state index contributed by atoms with van der Waals surface area (Å²) < 4.78 is 5.71. The van der Waals surface area contributed by atoms with E-state index in [1.807, 2.05) is 30.3 Å². The van der Waals surface area contributed by atoms with Crippen molar-refractivity contribution >= 4 is 18.3 Å². The Labute approximate surface area is 120 Å². The topological polar surface area (TPSA) is 50.4 Å². The van der Waals surface area contributed by atoms with Gasteiger partial charge in [0.05, 0.1) is 18.7 Å². The SMILES string of the molecule is CNCC(=O)NC(c1ccccc1)C1CCCO1.Cl. The van der Waals surface area contributed by atoms with Gasteiger partial charge in [-0.3, -0.25) is 4.79 Å². The van der Waals surface area contributed by atoms with E-state index in [9.17, 15) is 4.79 Å². The van der Waals surface area contributed by atoms with Gasteiger partial charge in [0.2, 0.25) is 5.91 Å². The van der Waals surface area contributed by atoms with Crippen LogP contribution in [0.1, 0.15) is 24.4 Å². The average molecular weight is 285 g/mol. The number of nitrogens with one attached hydrogen (secondary N) is 2. The molecule has 5 heteroatoms. The highest BCUT2D eigenvalue weighted by atomic mass is 35.5. The van der Waals surface area contributed by atoms with E-state index in [0.29, 0.717) is 6.54 Å². The quantitative estimate of drug-likeness (QED) is 0.865. The van der Waals surface area contributed by atoms with Gasteiger partial charge in [-0.05, 0) is 25.5 Å². The van der Waals surface area contributed by atoms with Crippen molar-refractivity contribution in [3.63, 3.8) is 0 Å². The molecular weight excluding hydrogens is 264 g/mol. The number of carbonyl (C=O) groups is 1. The van der Waals surface area contributed by atoms with Gasteiger partial charge in [-0.2, -0.15) is 0 Å². The summed E-state index contributed by atoms with van der Waals surface area (Å²) in [6, 6.07) is 9.97. The summed E-state index contributed by atoms with van der Waals surface area (Å²) in [6.07, 6.45) is 2.16. The predicted molar refractivity (Wildman–Crippen MR) is 77.5 cm³/mol. The minimum atomic E-state index is -0.0467. The van der Waals surface area contributed by atoms with Crippen molar-refractivity contribution in [3.05, 3.63) is 35.9 Å². The second-order valence-corrected chi connectivity index (χ2v) is 4.54. The minimum absolute atomic E-state index is 0. The summed E-state index contributed by atoms with van der Waals surface area (Å²) in [7, 11) is 1.77. The van der Waals surface area contributed by atoms with Gasteiger partial charge in [-0.25, -0.2) is 0 Å². The summed E-state index contributed by atoms with van der Waals surface area (Å²) in [5.74, 6) is 0.00172. The van der Waals surface area contributed by atoms with Crippen LogP contribution in [0.2, 0.25) is 0 Å². The minimum Gasteiger partial charge on any atom is -0.376 e. The predicted octanol–water partition coefficient (Wildman–Crippen LogP) is 1.66. The van der Waals surface area contributed by atoms with Gasteiger partial charge in [0.25, 0.3) is 0 Å². The largest absolute Gasteiger partial charge is 0.376 e. The molecule has 2 atom stereocenters. The Morgan fingerprint density at radius 3 is 2.74 bits per heavy atom. The maximum atomic E-state index is 11.8. The lowest BCUT2D eigenvalue weighted by Crippen LogP contribution is -2.40. The molecule has 0 radical (unpaired) electrons. The highest BCUT2D eigenvalue weighted by Gasteiger charge is 2.28. The molecule has 4 nitrogen and oxygen atoms in total. The van der Waals surface area contributed by atoms with Crippen LogP contribution in [-0.4, -0.2) is 32.2 Å². The lowest BCUT2D eigenvalue weighted by atomic mass is 9.99. The van der Waals surface area contributed by atoms with Crippen molar-refractivity contribution in [3.8, 4) is 0 Å². The van der Waals surface area contributed by atoms with Crippen LogP contribution in [0.3, 0.4) is 0 Å². The van der Waals surface area contributed by atoms with Crippen molar-refractivity contribution in [1.82, 2.24) is 10.6 Å². The first-order chi connectivity index (χ1) is 8.81. The van der Waals surface area contributed by atoms with Crippen LogP contribution in [-0.2, 0) is 9.53 Å². The Morgan fingerprint density at radius 2 is 2.16 bits per heavy atom. The smallest absolute Gasteiger partial charge is 0.234 e. The molecule has 1 amide bonds. The maximum Gasteiger partial charge on any atom is 0.234 e. The molecule has 0 spiro atoms. The Morgan fingerprint density at radius 1 is 1.42 bits per heavy atom. The van der Waals surface area contributed by atoms with E-state index in [-0.39, 0.29) is 30.5 Å². The monoisotopic (exact) mass is 284 g/mol. The highest BCUT2D eigenvalue weighted by Crippen LogP contribution is 2.26. The van der Waals surface area contributed by atoms with Crippen molar-refractivity contribution in [2.45, 2.75) is 25.0 Å². The number of likely N-dealkylation sites (N-methyl/N-ethyl adjacent to an activating group) is 1. The molecule has 1 heterocycles. The summed E-state index contributed by atoms with van der Waals surface area (Å²) >= 11 is 0. The van der Waals surface area contributed by atoms with Crippen LogP contribution in [0.4, 0.5) is 0 Å². The van der Waals surface area contributed by atoms with E-state index in [1.54, 1.807) is 7.05 Å². The number of ether oxygens (including phenoxy) is 1. The highest BCUT2D eigenvalue weighted by molar-refractivity contribution is 5.85. The second kappa shape index (κ2) is 8.15. The van der Waals surface area contributed by atoms with Gasteiger partial charge in [0.1, 0.15) is 0 Å². The first-order valence-electron chi connectivity index (χ1n) is 6.42. The number of rotatable bonds is 5. The maximum absolute atomic E-state index is 11.8. The number of carbonyl (C=O) groups excluding carboxylic acids is 1. The molecule has 1 fully saturated rings. The zero-order valence-electron chi connectivity index (χ0n) is 11.1. The molecule has 106 valence electrons. The lowest BCUT2D eigenvalue weighted by molar-refractivity contribution is -0.121.